The van der Waals surface area contributed by atoms with Crippen LogP contribution in [0, 0.1) is 5.92 Å². The lowest BCUT2D eigenvalue weighted by atomic mass is 9.88. The van der Waals surface area contributed by atoms with Gasteiger partial charge < -0.3 is 16.0 Å². The molecule has 1 saturated heterocycles. The summed E-state index contributed by atoms with van der Waals surface area (Å²) in [4.78, 5) is 7.33. The number of nitrogens with two attached hydrogens (primary N) is 1. The fourth-order valence-corrected chi connectivity index (χ4v) is 3.94. The van der Waals surface area contributed by atoms with E-state index in [2.05, 4.69) is 35.2 Å². The third-order valence-electron chi connectivity index (χ3n) is 6.12. The lowest BCUT2D eigenvalue weighted by Crippen LogP contribution is -2.21. The smallest absolute Gasteiger partial charge is 0.168 e. The predicted octanol–water partition coefficient (Wildman–Crippen LogP) is 3.83. The van der Waals surface area contributed by atoms with Gasteiger partial charge in [0.15, 0.2) is 11.5 Å². The molecule has 2 aliphatic rings. The van der Waals surface area contributed by atoms with Crippen LogP contribution in [0.5, 0.6) is 0 Å². The van der Waals surface area contributed by atoms with E-state index in [9.17, 15) is 0 Å². The molecule has 146 valence electrons. The van der Waals surface area contributed by atoms with Crippen molar-refractivity contribution in [3.05, 3.63) is 23.4 Å². The van der Waals surface area contributed by atoms with Crippen molar-refractivity contribution in [2.45, 2.75) is 58.8 Å². The molecule has 1 aliphatic carbocycles. The number of rotatable bonds is 7. The zero-order valence-corrected chi connectivity index (χ0v) is 16.7. The van der Waals surface area contributed by atoms with Crippen molar-refractivity contribution in [2.75, 3.05) is 30.3 Å². The normalized spacial score (nSPS) is 18.0. The fraction of sp³-hybridized carbons (Fsp3) is 0.619. The van der Waals surface area contributed by atoms with Crippen LogP contribution < -0.4 is 16.0 Å². The first-order valence-electron chi connectivity index (χ1n) is 10.5. The first kappa shape index (κ1) is 18.1. The lowest BCUT2D eigenvalue weighted by Gasteiger charge is -2.24. The summed E-state index contributed by atoms with van der Waals surface area (Å²) in [5.74, 6) is 2.34. The fourth-order valence-electron chi connectivity index (χ4n) is 3.94. The largest absolute Gasteiger partial charge is 0.384 e. The minimum atomic E-state index is 0.575. The number of allylic oxidation sites excluding steroid dienone is 1. The lowest BCUT2D eigenvalue weighted by molar-refractivity contribution is 0.508. The van der Waals surface area contributed by atoms with Gasteiger partial charge in [-0.15, -0.1) is 5.10 Å². The Kier molecular flexibility index (Phi) is 5.23. The van der Waals surface area contributed by atoms with Gasteiger partial charge in [-0.05, 0) is 56.1 Å². The van der Waals surface area contributed by atoms with Gasteiger partial charge in [-0.25, -0.2) is 9.50 Å². The first-order chi connectivity index (χ1) is 13.2. The maximum Gasteiger partial charge on any atom is 0.168 e. The van der Waals surface area contributed by atoms with E-state index in [1.165, 1.54) is 43.4 Å². The average molecular weight is 369 g/mol. The van der Waals surface area contributed by atoms with Gasteiger partial charge in [-0.2, -0.15) is 0 Å². The molecule has 0 bridgehead atoms. The van der Waals surface area contributed by atoms with Crippen LogP contribution in [-0.4, -0.2) is 34.2 Å². The van der Waals surface area contributed by atoms with E-state index in [4.69, 9.17) is 10.7 Å². The van der Waals surface area contributed by atoms with Crippen LogP contribution in [0.3, 0.4) is 0 Å². The van der Waals surface area contributed by atoms with E-state index in [-0.39, 0.29) is 0 Å². The second-order valence-electron chi connectivity index (χ2n) is 8.07. The molecule has 0 radical (unpaired) electrons. The number of anilines is 2. The molecule has 1 atom stereocenters. The van der Waals surface area contributed by atoms with Crippen LogP contribution in [0.15, 0.2) is 17.8 Å². The molecule has 3 heterocycles. The van der Waals surface area contributed by atoms with Crippen molar-refractivity contribution in [2.24, 2.45) is 5.92 Å². The molecule has 0 aromatic carbocycles. The van der Waals surface area contributed by atoms with Crippen molar-refractivity contribution >= 4 is 23.0 Å². The molecular weight excluding hydrogens is 336 g/mol. The summed E-state index contributed by atoms with van der Waals surface area (Å²) in [7, 11) is 0. The SMILES string of the molecule is CCC(C)CCNC(=C1CCC1)c1c(N)nn2ccc(N3CCCC3)nc12. The Morgan fingerprint density at radius 2 is 2.04 bits per heavy atom. The minimum absolute atomic E-state index is 0.575. The summed E-state index contributed by atoms with van der Waals surface area (Å²) in [5.41, 5.74) is 10.9. The summed E-state index contributed by atoms with van der Waals surface area (Å²) in [6, 6.07) is 2.06. The number of nitrogens with one attached hydrogen (secondary N) is 1. The summed E-state index contributed by atoms with van der Waals surface area (Å²) in [6.07, 6.45) is 10.4. The summed E-state index contributed by atoms with van der Waals surface area (Å²) in [5, 5.41) is 8.25. The molecule has 3 N–H and O–H groups in total. The second-order valence-corrected chi connectivity index (χ2v) is 8.07. The standard InChI is InChI=1S/C21H32N6/c1-3-15(2)9-11-23-19(16-7-6-8-16)18-20(22)25-27-14-10-17(24-21(18)27)26-12-4-5-13-26/h10,14-15,23H,3-9,11-13H2,1-2H3,(H2,22,25). The van der Waals surface area contributed by atoms with E-state index in [0.717, 1.165) is 55.4 Å². The van der Waals surface area contributed by atoms with Crippen LogP contribution in [0.25, 0.3) is 11.3 Å². The van der Waals surface area contributed by atoms with Crippen molar-refractivity contribution in [3.8, 4) is 0 Å². The van der Waals surface area contributed by atoms with Gasteiger partial charge in [0.25, 0.3) is 0 Å². The molecule has 2 aromatic rings. The molecule has 1 aliphatic heterocycles. The molecule has 4 rings (SSSR count). The first-order valence-corrected chi connectivity index (χ1v) is 10.5. The third-order valence-corrected chi connectivity index (χ3v) is 6.12. The van der Waals surface area contributed by atoms with Crippen LogP contribution in [0.2, 0.25) is 0 Å². The van der Waals surface area contributed by atoms with Crippen molar-refractivity contribution in [1.29, 1.82) is 0 Å². The minimum Gasteiger partial charge on any atom is -0.384 e. The highest BCUT2D eigenvalue weighted by Crippen LogP contribution is 2.36. The maximum absolute atomic E-state index is 6.37. The van der Waals surface area contributed by atoms with Gasteiger partial charge in [0.1, 0.15) is 5.82 Å². The van der Waals surface area contributed by atoms with Gasteiger partial charge in [-0.1, -0.05) is 20.3 Å². The van der Waals surface area contributed by atoms with Gasteiger partial charge in [0.05, 0.1) is 5.56 Å². The van der Waals surface area contributed by atoms with Crippen LogP contribution >= 0.6 is 0 Å². The Hall–Kier alpha value is -2.24. The Labute approximate surface area is 161 Å². The Morgan fingerprint density at radius 3 is 2.70 bits per heavy atom. The Morgan fingerprint density at radius 1 is 1.26 bits per heavy atom. The monoisotopic (exact) mass is 368 g/mol. The highest BCUT2D eigenvalue weighted by atomic mass is 15.3. The molecule has 27 heavy (non-hydrogen) atoms. The van der Waals surface area contributed by atoms with Crippen molar-refractivity contribution in [3.63, 3.8) is 0 Å². The van der Waals surface area contributed by atoms with Gasteiger partial charge in [0, 0.05) is 31.5 Å². The van der Waals surface area contributed by atoms with Crippen LogP contribution in [0.1, 0.15) is 64.4 Å². The van der Waals surface area contributed by atoms with E-state index < -0.39 is 0 Å². The average Bonchev–Trinajstić information content (AvgIpc) is 3.25. The molecule has 6 nitrogen and oxygen atoms in total. The number of nitrogens with zero attached hydrogens (tertiary/aromatic N) is 4. The molecule has 0 amide bonds. The van der Waals surface area contributed by atoms with Gasteiger partial charge >= 0.3 is 0 Å². The maximum atomic E-state index is 6.37. The van der Waals surface area contributed by atoms with Gasteiger partial charge in [-0.3, -0.25) is 0 Å². The predicted molar refractivity (Wildman–Crippen MR) is 112 cm³/mol. The zero-order valence-electron chi connectivity index (χ0n) is 16.7. The Bertz CT molecular complexity index is 825. The van der Waals surface area contributed by atoms with E-state index >= 15 is 0 Å². The zero-order chi connectivity index (χ0) is 18.8. The van der Waals surface area contributed by atoms with Crippen LogP contribution in [0.4, 0.5) is 11.6 Å². The topological polar surface area (TPSA) is 71.5 Å². The molecule has 1 saturated carbocycles. The highest BCUT2D eigenvalue weighted by Gasteiger charge is 2.24. The van der Waals surface area contributed by atoms with E-state index in [0.29, 0.717) is 5.82 Å². The van der Waals surface area contributed by atoms with Crippen molar-refractivity contribution in [1.82, 2.24) is 19.9 Å². The number of hydrogen-bond donors (Lipinski definition) is 2. The van der Waals surface area contributed by atoms with E-state index in [1.54, 1.807) is 0 Å². The highest BCUT2D eigenvalue weighted by molar-refractivity contribution is 5.84. The quantitative estimate of drug-likeness (QED) is 0.777. The number of hydrogen-bond acceptors (Lipinski definition) is 5. The number of nitrogen functional groups attached to an aromatic ring is 1. The molecule has 0 spiro atoms. The summed E-state index contributed by atoms with van der Waals surface area (Å²) < 4.78 is 1.83. The molecule has 6 heteroatoms. The van der Waals surface area contributed by atoms with Gasteiger partial charge in [0.2, 0.25) is 0 Å². The summed E-state index contributed by atoms with van der Waals surface area (Å²) in [6.45, 7) is 7.71. The van der Waals surface area contributed by atoms with Crippen LogP contribution in [-0.2, 0) is 0 Å². The molecular formula is C21H32N6. The summed E-state index contributed by atoms with van der Waals surface area (Å²) >= 11 is 0. The van der Waals surface area contributed by atoms with E-state index in [1.807, 2.05) is 10.7 Å². The molecule has 1 unspecified atom stereocenters. The third kappa shape index (κ3) is 3.62. The van der Waals surface area contributed by atoms with Crippen molar-refractivity contribution < 1.29 is 0 Å². The number of fused-ring (bicyclic) bond motifs is 1. The Balaban J connectivity index is 1.68. The number of aromatic nitrogens is 3. The second kappa shape index (κ2) is 7.79. The molecule has 2 aromatic heterocycles. The molecule has 2 fully saturated rings.